The third-order valence-electron chi connectivity index (χ3n) is 4.34. The molecular formula is C18H27N3O2. The maximum atomic E-state index is 12.4. The van der Waals surface area contributed by atoms with Crippen LogP contribution in [0.15, 0.2) is 24.3 Å². The van der Waals surface area contributed by atoms with Crippen molar-refractivity contribution >= 4 is 11.8 Å². The fourth-order valence-electron chi connectivity index (χ4n) is 2.92. The van der Waals surface area contributed by atoms with Gasteiger partial charge in [0.1, 0.15) is 0 Å². The molecule has 0 aromatic heterocycles. The Labute approximate surface area is 138 Å². The number of likely N-dealkylation sites (tertiary alicyclic amines) is 1. The van der Waals surface area contributed by atoms with Crippen LogP contribution in [-0.4, -0.2) is 42.9 Å². The molecule has 23 heavy (non-hydrogen) atoms. The minimum Gasteiger partial charge on any atom is -0.355 e. The van der Waals surface area contributed by atoms with Crippen molar-refractivity contribution in [3.8, 4) is 0 Å². The van der Waals surface area contributed by atoms with Gasteiger partial charge in [-0.15, -0.1) is 0 Å². The van der Waals surface area contributed by atoms with Crippen LogP contribution in [0.5, 0.6) is 0 Å². The van der Waals surface area contributed by atoms with E-state index in [2.05, 4.69) is 36.5 Å². The molecule has 0 bridgehead atoms. The topological polar surface area (TPSA) is 75.4 Å². The van der Waals surface area contributed by atoms with E-state index >= 15 is 0 Å². The Kier molecular flexibility index (Phi) is 6.59. The Hall–Kier alpha value is -1.88. The van der Waals surface area contributed by atoms with E-state index in [9.17, 15) is 9.59 Å². The number of carbonyl (C=O) groups excluding carboxylic acids is 2. The van der Waals surface area contributed by atoms with E-state index in [1.807, 2.05) is 4.90 Å². The normalized spacial score (nSPS) is 17.8. The molecule has 126 valence electrons. The van der Waals surface area contributed by atoms with Gasteiger partial charge in [-0.2, -0.15) is 0 Å². The summed E-state index contributed by atoms with van der Waals surface area (Å²) in [5, 5.41) is 2.82. The summed E-state index contributed by atoms with van der Waals surface area (Å²) in [5.74, 6) is 0.0620. The van der Waals surface area contributed by atoms with Gasteiger partial charge in [-0.05, 0) is 31.7 Å². The third kappa shape index (κ3) is 5.36. The molecule has 1 fully saturated rings. The summed E-state index contributed by atoms with van der Waals surface area (Å²) in [6, 6.07) is 8.28. The zero-order chi connectivity index (χ0) is 16.7. The minimum atomic E-state index is -0.0985. The first-order valence-corrected chi connectivity index (χ1v) is 8.41. The monoisotopic (exact) mass is 317 g/mol. The van der Waals surface area contributed by atoms with Gasteiger partial charge in [-0.25, -0.2) is 0 Å². The smallest absolute Gasteiger partial charge is 0.224 e. The Morgan fingerprint density at radius 1 is 1.30 bits per heavy atom. The molecule has 5 nitrogen and oxygen atoms in total. The number of nitrogens with one attached hydrogen (secondary N) is 1. The minimum absolute atomic E-state index is 0.0199. The van der Waals surface area contributed by atoms with E-state index in [1.165, 1.54) is 11.1 Å². The molecule has 1 aliphatic rings. The van der Waals surface area contributed by atoms with Crippen LogP contribution in [0.4, 0.5) is 0 Å². The van der Waals surface area contributed by atoms with Crippen LogP contribution in [0.25, 0.3) is 0 Å². The van der Waals surface area contributed by atoms with Gasteiger partial charge in [-0.3, -0.25) is 9.59 Å². The Balaban J connectivity index is 1.81. The van der Waals surface area contributed by atoms with Crippen molar-refractivity contribution in [1.29, 1.82) is 0 Å². The molecule has 1 atom stereocenters. The summed E-state index contributed by atoms with van der Waals surface area (Å²) in [7, 11) is 0. The van der Waals surface area contributed by atoms with E-state index in [4.69, 9.17) is 5.73 Å². The molecule has 1 aromatic rings. The largest absolute Gasteiger partial charge is 0.355 e. The van der Waals surface area contributed by atoms with E-state index in [0.717, 1.165) is 25.8 Å². The van der Waals surface area contributed by atoms with E-state index in [0.29, 0.717) is 26.1 Å². The first kappa shape index (κ1) is 17.5. The molecule has 1 saturated heterocycles. The first-order chi connectivity index (χ1) is 11.1. The lowest BCUT2D eigenvalue weighted by atomic mass is 9.96. The van der Waals surface area contributed by atoms with Gasteiger partial charge in [0, 0.05) is 32.6 Å². The summed E-state index contributed by atoms with van der Waals surface area (Å²) in [4.78, 5) is 26.3. The van der Waals surface area contributed by atoms with Crippen LogP contribution >= 0.6 is 0 Å². The van der Waals surface area contributed by atoms with E-state index in [-0.39, 0.29) is 17.7 Å². The van der Waals surface area contributed by atoms with Crippen molar-refractivity contribution in [1.82, 2.24) is 10.2 Å². The molecule has 1 unspecified atom stereocenters. The van der Waals surface area contributed by atoms with E-state index < -0.39 is 0 Å². The van der Waals surface area contributed by atoms with Crippen molar-refractivity contribution in [3.05, 3.63) is 35.4 Å². The fraction of sp³-hybridized carbons (Fsp3) is 0.556. The summed E-state index contributed by atoms with van der Waals surface area (Å²) in [5.41, 5.74) is 7.81. The lowest BCUT2D eigenvalue weighted by Crippen LogP contribution is -2.46. The summed E-state index contributed by atoms with van der Waals surface area (Å²) >= 11 is 0. The number of carbonyl (C=O) groups is 2. The van der Waals surface area contributed by atoms with Gasteiger partial charge in [0.05, 0.1) is 5.92 Å². The van der Waals surface area contributed by atoms with E-state index in [1.54, 1.807) is 0 Å². The molecule has 1 heterocycles. The second-order valence-electron chi connectivity index (χ2n) is 6.24. The average Bonchev–Trinajstić information content (AvgIpc) is 2.59. The highest BCUT2D eigenvalue weighted by molar-refractivity contribution is 5.81. The number of amides is 2. The quantitative estimate of drug-likeness (QED) is 0.829. The predicted octanol–water partition coefficient (Wildman–Crippen LogP) is 1.24. The van der Waals surface area contributed by atoms with Gasteiger partial charge in [0.15, 0.2) is 0 Å². The number of hydrogen-bond donors (Lipinski definition) is 2. The Morgan fingerprint density at radius 2 is 2.04 bits per heavy atom. The molecule has 5 heteroatoms. The molecule has 0 radical (unpaired) electrons. The number of hydrogen-bond acceptors (Lipinski definition) is 3. The number of rotatable bonds is 6. The standard InChI is InChI=1S/C18H27N3O2/c1-14-4-6-15(7-5-14)8-9-17(22)21-12-2-3-16(13-21)18(23)20-11-10-19/h4-7,16H,2-3,8-13,19H2,1H3,(H,20,23). The number of aryl methyl sites for hydroxylation is 2. The van der Waals surface area contributed by atoms with Gasteiger partial charge in [-0.1, -0.05) is 29.8 Å². The maximum absolute atomic E-state index is 12.4. The van der Waals surface area contributed by atoms with Crippen LogP contribution in [0.1, 0.15) is 30.4 Å². The Morgan fingerprint density at radius 3 is 2.74 bits per heavy atom. The van der Waals surface area contributed by atoms with Crippen molar-refractivity contribution in [2.75, 3.05) is 26.2 Å². The van der Waals surface area contributed by atoms with Crippen LogP contribution in [0, 0.1) is 12.8 Å². The van der Waals surface area contributed by atoms with Crippen molar-refractivity contribution in [2.45, 2.75) is 32.6 Å². The lowest BCUT2D eigenvalue weighted by molar-refractivity contribution is -0.135. The SMILES string of the molecule is Cc1ccc(CCC(=O)N2CCCC(C(=O)NCCN)C2)cc1. The summed E-state index contributed by atoms with van der Waals surface area (Å²) in [6.45, 7) is 4.28. The first-order valence-electron chi connectivity index (χ1n) is 8.41. The maximum Gasteiger partial charge on any atom is 0.224 e. The van der Waals surface area contributed by atoms with Gasteiger partial charge < -0.3 is 16.0 Å². The highest BCUT2D eigenvalue weighted by Gasteiger charge is 2.27. The zero-order valence-electron chi connectivity index (χ0n) is 13.9. The molecule has 1 aliphatic heterocycles. The van der Waals surface area contributed by atoms with Crippen molar-refractivity contribution < 1.29 is 9.59 Å². The average molecular weight is 317 g/mol. The molecular weight excluding hydrogens is 290 g/mol. The molecule has 0 saturated carbocycles. The van der Waals surface area contributed by atoms with Crippen LogP contribution < -0.4 is 11.1 Å². The fourth-order valence-corrected chi connectivity index (χ4v) is 2.92. The molecule has 2 rings (SSSR count). The Bertz CT molecular complexity index is 528. The highest BCUT2D eigenvalue weighted by Crippen LogP contribution is 2.18. The molecule has 1 aromatic carbocycles. The number of nitrogens with two attached hydrogens (primary N) is 1. The van der Waals surface area contributed by atoms with Crippen LogP contribution in [-0.2, 0) is 16.0 Å². The second-order valence-corrected chi connectivity index (χ2v) is 6.24. The van der Waals surface area contributed by atoms with Crippen molar-refractivity contribution in [3.63, 3.8) is 0 Å². The predicted molar refractivity (Wildman–Crippen MR) is 90.9 cm³/mol. The lowest BCUT2D eigenvalue weighted by Gasteiger charge is -2.32. The summed E-state index contributed by atoms with van der Waals surface area (Å²) < 4.78 is 0. The number of nitrogens with zero attached hydrogens (tertiary/aromatic N) is 1. The second kappa shape index (κ2) is 8.67. The molecule has 3 N–H and O–H groups in total. The highest BCUT2D eigenvalue weighted by atomic mass is 16.2. The molecule has 2 amide bonds. The van der Waals surface area contributed by atoms with Crippen LogP contribution in [0.2, 0.25) is 0 Å². The van der Waals surface area contributed by atoms with Gasteiger partial charge >= 0.3 is 0 Å². The van der Waals surface area contributed by atoms with Crippen molar-refractivity contribution in [2.24, 2.45) is 11.7 Å². The number of piperidine rings is 1. The van der Waals surface area contributed by atoms with Gasteiger partial charge in [0.2, 0.25) is 11.8 Å². The zero-order valence-corrected chi connectivity index (χ0v) is 13.9. The number of benzene rings is 1. The molecule has 0 aliphatic carbocycles. The third-order valence-corrected chi connectivity index (χ3v) is 4.34. The van der Waals surface area contributed by atoms with Crippen LogP contribution in [0.3, 0.4) is 0 Å². The van der Waals surface area contributed by atoms with Gasteiger partial charge in [0.25, 0.3) is 0 Å². The molecule has 0 spiro atoms. The summed E-state index contributed by atoms with van der Waals surface area (Å²) in [6.07, 6.45) is 2.98.